The highest BCUT2D eigenvalue weighted by molar-refractivity contribution is 7.89. The number of benzene rings is 2. The molecular formula is C22H24N4O5S. The number of methoxy groups -OCH3 is 1. The number of ether oxygens (including phenoxy) is 1. The Balaban J connectivity index is 1.53. The van der Waals surface area contributed by atoms with E-state index in [1.165, 1.54) is 6.07 Å². The fourth-order valence-corrected chi connectivity index (χ4v) is 4.80. The van der Waals surface area contributed by atoms with Gasteiger partial charge in [-0.05, 0) is 49.1 Å². The number of carbonyl (C=O) groups is 1. The lowest BCUT2D eigenvalue weighted by Gasteiger charge is -2.11. The van der Waals surface area contributed by atoms with Crippen LogP contribution in [0.5, 0.6) is 5.75 Å². The molecular weight excluding hydrogens is 432 g/mol. The number of aryl methyl sites for hydroxylation is 1. The molecule has 168 valence electrons. The Kier molecular flexibility index (Phi) is 6.24. The van der Waals surface area contributed by atoms with E-state index in [0.717, 1.165) is 18.4 Å². The quantitative estimate of drug-likeness (QED) is 0.581. The van der Waals surface area contributed by atoms with Crippen LogP contribution in [0.1, 0.15) is 34.7 Å². The van der Waals surface area contributed by atoms with Crippen LogP contribution in [0.2, 0.25) is 0 Å². The van der Waals surface area contributed by atoms with Gasteiger partial charge >= 0.3 is 11.8 Å². The molecule has 1 fully saturated rings. The number of hydrogen-bond acceptors (Lipinski definition) is 7. The SMILES string of the molecule is COc1ccc(CNS(=O)(=O)c2cc(-c3noc(C(=O)N4CCCC4)n3)ccc2C)cc1. The van der Waals surface area contributed by atoms with Crippen molar-refractivity contribution in [1.29, 1.82) is 0 Å². The lowest BCUT2D eigenvalue weighted by atomic mass is 10.1. The number of amides is 1. The van der Waals surface area contributed by atoms with Crippen LogP contribution < -0.4 is 9.46 Å². The molecule has 0 spiro atoms. The molecule has 0 unspecified atom stereocenters. The number of likely N-dealkylation sites (tertiary alicyclic amines) is 1. The number of carbonyl (C=O) groups excluding carboxylic acids is 1. The third-order valence-electron chi connectivity index (χ3n) is 5.36. The molecule has 10 heteroatoms. The van der Waals surface area contributed by atoms with Crippen LogP contribution >= 0.6 is 0 Å². The molecule has 1 amide bonds. The van der Waals surface area contributed by atoms with Gasteiger partial charge in [0.25, 0.3) is 0 Å². The van der Waals surface area contributed by atoms with Crippen molar-refractivity contribution in [2.24, 2.45) is 0 Å². The van der Waals surface area contributed by atoms with E-state index < -0.39 is 10.0 Å². The van der Waals surface area contributed by atoms with Crippen molar-refractivity contribution in [1.82, 2.24) is 19.8 Å². The van der Waals surface area contributed by atoms with Crippen LogP contribution in [0.25, 0.3) is 11.4 Å². The molecule has 1 aliphatic heterocycles. The highest BCUT2D eigenvalue weighted by Crippen LogP contribution is 2.24. The monoisotopic (exact) mass is 456 g/mol. The smallest absolute Gasteiger partial charge is 0.316 e. The third kappa shape index (κ3) is 4.66. The molecule has 1 N–H and O–H groups in total. The summed E-state index contributed by atoms with van der Waals surface area (Å²) in [6.45, 7) is 3.18. The van der Waals surface area contributed by atoms with Gasteiger partial charge in [-0.25, -0.2) is 13.1 Å². The number of nitrogens with zero attached hydrogens (tertiary/aromatic N) is 3. The number of rotatable bonds is 7. The Morgan fingerprint density at radius 2 is 1.88 bits per heavy atom. The van der Waals surface area contributed by atoms with Crippen molar-refractivity contribution in [3.8, 4) is 17.1 Å². The first-order valence-electron chi connectivity index (χ1n) is 10.2. The van der Waals surface area contributed by atoms with Gasteiger partial charge in [0.2, 0.25) is 15.8 Å². The van der Waals surface area contributed by atoms with Crippen LogP contribution in [0.15, 0.2) is 51.9 Å². The van der Waals surface area contributed by atoms with Gasteiger partial charge in [0.1, 0.15) is 5.75 Å². The summed E-state index contributed by atoms with van der Waals surface area (Å²) >= 11 is 0. The van der Waals surface area contributed by atoms with Crippen molar-refractivity contribution in [3.05, 3.63) is 59.5 Å². The molecule has 1 aliphatic rings. The van der Waals surface area contributed by atoms with Crippen LogP contribution in [-0.2, 0) is 16.6 Å². The first-order chi connectivity index (χ1) is 15.4. The summed E-state index contributed by atoms with van der Waals surface area (Å²) in [4.78, 5) is 18.4. The molecule has 3 aromatic rings. The zero-order chi connectivity index (χ0) is 22.7. The highest BCUT2D eigenvalue weighted by Gasteiger charge is 2.25. The summed E-state index contributed by atoms with van der Waals surface area (Å²) in [7, 11) is -2.23. The Morgan fingerprint density at radius 1 is 1.16 bits per heavy atom. The minimum Gasteiger partial charge on any atom is -0.497 e. The summed E-state index contributed by atoms with van der Waals surface area (Å²) in [5.41, 5.74) is 1.82. The van der Waals surface area contributed by atoms with Gasteiger partial charge in [-0.2, -0.15) is 4.98 Å². The number of sulfonamides is 1. The number of aromatic nitrogens is 2. The van der Waals surface area contributed by atoms with Crippen molar-refractivity contribution in [2.45, 2.75) is 31.2 Å². The van der Waals surface area contributed by atoms with Gasteiger partial charge in [-0.15, -0.1) is 0 Å². The summed E-state index contributed by atoms with van der Waals surface area (Å²) in [6, 6.07) is 12.0. The fourth-order valence-electron chi connectivity index (χ4n) is 3.51. The average molecular weight is 457 g/mol. The standard InChI is InChI=1S/C22H24N4O5S/c1-15-5-8-17(20-24-21(31-25-20)22(27)26-11-3-4-12-26)13-19(15)32(28,29)23-14-16-6-9-18(30-2)10-7-16/h5-10,13,23H,3-4,11-12,14H2,1-2H3. The topological polar surface area (TPSA) is 115 Å². The summed E-state index contributed by atoms with van der Waals surface area (Å²) in [5.74, 6) is 0.467. The second kappa shape index (κ2) is 9.09. The lowest BCUT2D eigenvalue weighted by Crippen LogP contribution is -2.27. The molecule has 2 heterocycles. The maximum Gasteiger partial charge on any atom is 0.316 e. The molecule has 0 radical (unpaired) electrons. The Hall–Kier alpha value is -3.24. The first kappa shape index (κ1) is 22.0. The summed E-state index contributed by atoms with van der Waals surface area (Å²) in [6.07, 6.45) is 1.91. The van der Waals surface area contributed by atoms with Crippen LogP contribution in [0.3, 0.4) is 0 Å². The second-order valence-electron chi connectivity index (χ2n) is 7.58. The zero-order valence-corrected chi connectivity index (χ0v) is 18.7. The second-order valence-corrected chi connectivity index (χ2v) is 9.31. The average Bonchev–Trinajstić information content (AvgIpc) is 3.50. The Bertz CT molecular complexity index is 1220. The van der Waals surface area contributed by atoms with Crippen molar-refractivity contribution in [3.63, 3.8) is 0 Å². The lowest BCUT2D eigenvalue weighted by molar-refractivity contribution is 0.0743. The fraction of sp³-hybridized carbons (Fsp3) is 0.318. The minimum atomic E-state index is -3.80. The molecule has 32 heavy (non-hydrogen) atoms. The van der Waals surface area contributed by atoms with Crippen LogP contribution in [-0.4, -0.2) is 49.6 Å². The first-order valence-corrected chi connectivity index (χ1v) is 11.7. The minimum absolute atomic E-state index is 0.0930. The van der Waals surface area contributed by atoms with Gasteiger partial charge in [0, 0.05) is 25.2 Å². The van der Waals surface area contributed by atoms with Crippen LogP contribution in [0, 0.1) is 6.92 Å². The van der Waals surface area contributed by atoms with Crippen molar-refractivity contribution >= 4 is 15.9 Å². The van der Waals surface area contributed by atoms with E-state index >= 15 is 0 Å². The molecule has 2 aromatic carbocycles. The number of hydrogen-bond donors (Lipinski definition) is 1. The van der Waals surface area contributed by atoms with E-state index in [0.29, 0.717) is 30.0 Å². The number of nitrogens with one attached hydrogen (secondary N) is 1. The van der Waals surface area contributed by atoms with Gasteiger partial charge in [-0.1, -0.05) is 29.4 Å². The Morgan fingerprint density at radius 3 is 2.56 bits per heavy atom. The van der Waals surface area contributed by atoms with Crippen molar-refractivity contribution in [2.75, 3.05) is 20.2 Å². The molecule has 0 aliphatic carbocycles. The maximum absolute atomic E-state index is 13.0. The highest BCUT2D eigenvalue weighted by atomic mass is 32.2. The van der Waals surface area contributed by atoms with E-state index in [9.17, 15) is 13.2 Å². The van der Waals surface area contributed by atoms with Gasteiger partial charge in [0.15, 0.2) is 0 Å². The zero-order valence-electron chi connectivity index (χ0n) is 17.9. The van der Waals surface area contributed by atoms with E-state index in [2.05, 4.69) is 14.9 Å². The van der Waals surface area contributed by atoms with E-state index in [4.69, 9.17) is 9.26 Å². The van der Waals surface area contributed by atoms with Gasteiger partial charge in [0.05, 0.1) is 12.0 Å². The molecule has 1 saturated heterocycles. The third-order valence-corrected chi connectivity index (χ3v) is 6.91. The molecule has 4 rings (SSSR count). The predicted octanol–water partition coefficient (Wildman–Crippen LogP) is 2.77. The van der Waals surface area contributed by atoms with E-state index in [-0.39, 0.29) is 29.1 Å². The molecule has 9 nitrogen and oxygen atoms in total. The molecule has 1 aromatic heterocycles. The largest absolute Gasteiger partial charge is 0.497 e. The van der Waals surface area contributed by atoms with Gasteiger partial charge < -0.3 is 14.2 Å². The van der Waals surface area contributed by atoms with Crippen molar-refractivity contribution < 1.29 is 22.5 Å². The normalized spacial score (nSPS) is 14.0. The van der Waals surface area contributed by atoms with Crippen LogP contribution in [0.4, 0.5) is 0 Å². The molecule has 0 saturated carbocycles. The molecule has 0 bridgehead atoms. The Labute approximate surface area is 186 Å². The molecule has 0 atom stereocenters. The predicted molar refractivity (Wildman–Crippen MR) is 117 cm³/mol. The summed E-state index contributed by atoms with van der Waals surface area (Å²) in [5, 5.41) is 3.88. The van der Waals surface area contributed by atoms with E-state index in [1.807, 2.05) is 0 Å². The summed E-state index contributed by atoms with van der Waals surface area (Å²) < 4.78 is 38.8. The maximum atomic E-state index is 13.0. The van der Waals surface area contributed by atoms with E-state index in [1.54, 1.807) is 55.3 Å². The van der Waals surface area contributed by atoms with Gasteiger partial charge in [-0.3, -0.25) is 4.79 Å².